The monoisotopic (exact) mass is 366 g/mol. The van der Waals surface area contributed by atoms with Crippen molar-refractivity contribution in [2.75, 3.05) is 11.5 Å². The van der Waals surface area contributed by atoms with E-state index in [9.17, 15) is 8.42 Å². The predicted octanol–water partition coefficient (Wildman–Crippen LogP) is 2.33. The molecule has 0 saturated carbocycles. The molecule has 0 aromatic heterocycles. The van der Waals surface area contributed by atoms with Crippen molar-refractivity contribution in [2.45, 2.75) is 31.3 Å². The third-order valence-corrected chi connectivity index (χ3v) is 6.16. The Morgan fingerprint density at radius 3 is 2.68 bits per heavy atom. The summed E-state index contributed by atoms with van der Waals surface area (Å²) < 4.78 is 27.7. The van der Waals surface area contributed by atoms with Crippen LogP contribution in [0.15, 0.2) is 27.6 Å². The quantitative estimate of drug-likeness (QED) is 0.776. The molecule has 3 N–H and O–H groups in total. The Bertz CT molecular complexity index is 520. The summed E-state index contributed by atoms with van der Waals surface area (Å²) in [5.41, 5.74) is 6.41. The number of halogens is 1. The van der Waals surface area contributed by atoms with Gasteiger partial charge < -0.3 is 5.73 Å². The summed E-state index contributed by atoms with van der Waals surface area (Å²) in [6, 6.07) is 4.94. The third kappa shape index (κ3) is 5.07. The molecule has 1 atom stereocenters. The van der Waals surface area contributed by atoms with Gasteiger partial charge in [0.05, 0.1) is 4.90 Å². The highest BCUT2D eigenvalue weighted by atomic mass is 79.9. The summed E-state index contributed by atoms with van der Waals surface area (Å²) in [5.74, 6) is 1.73. The van der Waals surface area contributed by atoms with Crippen LogP contribution in [0.4, 0.5) is 0 Å². The lowest BCUT2D eigenvalue weighted by Gasteiger charge is -2.14. The number of hydrogen-bond acceptors (Lipinski definition) is 4. The number of rotatable bonds is 7. The van der Waals surface area contributed by atoms with Crippen molar-refractivity contribution in [3.63, 3.8) is 0 Å². The molecular formula is C12H19BrN2O2S2. The topological polar surface area (TPSA) is 72.2 Å². The van der Waals surface area contributed by atoms with Crippen LogP contribution in [0.2, 0.25) is 0 Å². The van der Waals surface area contributed by atoms with Crippen molar-refractivity contribution in [1.29, 1.82) is 0 Å². The number of nitrogens with two attached hydrogens (primary N) is 1. The first-order valence-corrected chi connectivity index (χ1v) is 9.42. The van der Waals surface area contributed by atoms with Gasteiger partial charge in [0.25, 0.3) is 0 Å². The summed E-state index contributed by atoms with van der Waals surface area (Å²) >= 11 is 4.99. The second kappa shape index (κ2) is 7.64. The van der Waals surface area contributed by atoms with E-state index in [1.807, 2.05) is 13.8 Å². The molecule has 108 valence electrons. The minimum absolute atomic E-state index is 0.101. The van der Waals surface area contributed by atoms with E-state index in [-0.39, 0.29) is 10.9 Å². The Morgan fingerprint density at radius 1 is 1.47 bits per heavy atom. The average molecular weight is 367 g/mol. The maximum atomic E-state index is 12.2. The lowest BCUT2D eigenvalue weighted by atomic mass is 10.2. The van der Waals surface area contributed by atoms with Gasteiger partial charge in [0.1, 0.15) is 0 Å². The first-order valence-electron chi connectivity index (χ1n) is 5.99. The molecule has 0 aliphatic carbocycles. The molecule has 0 aliphatic rings. The van der Waals surface area contributed by atoms with Crippen LogP contribution < -0.4 is 10.5 Å². The van der Waals surface area contributed by atoms with E-state index in [0.29, 0.717) is 11.0 Å². The van der Waals surface area contributed by atoms with Crippen molar-refractivity contribution >= 4 is 37.7 Å². The smallest absolute Gasteiger partial charge is 0.241 e. The average Bonchev–Trinajstić information content (AvgIpc) is 2.35. The van der Waals surface area contributed by atoms with Gasteiger partial charge in [-0.1, -0.05) is 13.0 Å². The zero-order valence-electron chi connectivity index (χ0n) is 11.0. The van der Waals surface area contributed by atoms with Crippen LogP contribution in [0.5, 0.6) is 0 Å². The fraction of sp³-hybridized carbons (Fsp3) is 0.500. The van der Waals surface area contributed by atoms with E-state index in [2.05, 4.69) is 20.7 Å². The maximum Gasteiger partial charge on any atom is 0.241 e. The molecule has 0 aliphatic heterocycles. The number of benzene rings is 1. The summed E-state index contributed by atoms with van der Waals surface area (Å²) in [6.07, 6.45) is 0. The van der Waals surface area contributed by atoms with Crippen molar-refractivity contribution < 1.29 is 8.42 Å². The predicted molar refractivity (Wildman–Crippen MR) is 84.8 cm³/mol. The Labute approximate surface area is 127 Å². The van der Waals surface area contributed by atoms with E-state index in [4.69, 9.17) is 5.73 Å². The highest BCUT2D eigenvalue weighted by Gasteiger charge is 2.20. The van der Waals surface area contributed by atoms with Crippen LogP contribution in [0.3, 0.4) is 0 Å². The molecule has 0 spiro atoms. The van der Waals surface area contributed by atoms with Crippen LogP contribution in [0, 0.1) is 0 Å². The summed E-state index contributed by atoms with van der Waals surface area (Å²) in [4.78, 5) is 0.248. The molecule has 1 unspecified atom stereocenters. The number of thioether (sulfide) groups is 1. The van der Waals surface area contributed by atoms with Gasteiger partial charge in [-0.15, -0.1) is 0 Å². The lowest BCUT2D eigenvalue weighted by Crippen LogP contribution is -2.34. The van der Waals surface area contributed by atoms with Crippen LogP contribution in [-0.4, -0.2) is 26.0 Å². The van der Waals surface area contributed by atoms with Gasteiger partial charge >= 0.3 is 0 Å². The first-order chi connectivity index (χ1) is 8.90. The largest absolute Gasteiger partial charge is 0.326 e. The molecular weight excluding hydrogens is 348 g/mol. The van der Waals surface area contributed by atoms with Crippen molar-refractivity contribution in [3.05, 3.63) is 28.2 Å². The first kappa shape index (κ1) is 17.0. The second-order valence-corrected chi connectivity index (χ2v) is 8.01. The van der Waals surface area contributed by atoms with Crippen molar-refractivity contribution in [3.8, 4) is 0 Å². The Kier molecular flexibility index (Phi) is 6.82. The molecule has 1 aromatic carbocycles. The van der Waals surface area contributed by atoms with Gasteiger partial charge in [-0.2, -0.15) is 11.8 Å². The molecule has 19 heavy (non-hydrogen) atoms. The fourth-order valence-corrected chi connectivity index (χ4v) is 4.69. The second-order valence-electron chi connectivity index (χ2n) is 4.15. The molecule has 0 heterocycles. The van der Waals surface area contributed by atoms with Gasteiger partial charge in [-0.05, 0) is 46.3 Å². The molecule has 4 nitrogen and oxygen atoms in total. The molecule has 0 radical (unpaired) electrons. The maximum absolute atomic E-state index is 12.2. The Balaban J connectivity index is 2.88. The van der Waals surface area contributed by atoms with Gasteiger partial charge in [0.2, 0.25) is 10.0 Å². The minimum atomic E-state index is -3.50. The van der Waals surface area contributed by atoms with Gasteiger partial charge in [-0.3, -0.25) is 0 Å². The Hall–Kier alpha value is -0.0800. The highest BCUT2D eigenvalue weighted by Crippen LogP contribution is 2.23. The van der Waals surface area contributed by atoms with Crippen LogP contribution in [0.25, 0.3) is 0 Å². The molecule has 1 aromatic rings. The van der Waals surface area contributed by atoms with E-state index >= 15 is 0 Å². The molecule has 1 rings (SSSR count). The van der Waals surface area contributed by atoms with Crippen molar-refractivity contribution in [2.24, 2.45) is 5.73 Å². The molecule has 0 bridgehead atoms. The Morgan fingerprint density at radius 2 is 2.16 bits per heavy atom. The van der Waals surface area contributed by atoms with Crippen LogP contribution in [-0.2, 0) is 16.6 Å². The SMILES string of the molecule is CCSCC(C)NS(=O)(=O)c1ccc(CN)cc1Br. The number of nitrogens with one attached hydrogen (secondary N) is 1. The molecule has 0 fully saturated rings. The van der Waals surface area contributed by atoms with Crippen molar-refractivity contribution in [1.82, 2.24) is 4.72 Å². The number of hydrogen-bond donors (Lipinski definition) is 2. The van der Waals surface area contributed by atoms with Gasteiger partial charge in [0.15, 0.2) is 0 Å². The standard InChI is InChI=1S/C12H19BrN2O2S2/c1-3-18-8-9(2)15-19(16,17)12-5-4-10(7-14)6-11(12)13/h4-6,9,15H,3,7-8,14H2,1-2H3. The van der Waals surface area contributed by atoms with Crippen LogP contribution in [0.1, 0.15) is 19.4 Å². The molecule has 7 heteroatoms. The van der Waals surface area contributed by atoms with E-state index in [1.54, 1.807) is 30.0 Å². The normalized spacial score (nSPS) is 13.5. The third-order valence-electron chi connectivity index (χ3n) is 2.45. The molecule has 0 amide bonds. The zero-order chi connectivity index (χ0) is 14.5. The number of sulfonamides is 1. The summed E-state index contributed by atoms with van der Waals surface area (Å²) in [6.45, 7) is 4.30. The van der Waals surface area contributed by atoms with E-state index in [1.165, 1.54) is 0 Å². The summed E-state index contributed by atoms with van der Waals surface area (Å²) in [7, 11) is -3.50. The summed E-state index contributed by atoms with van der Waals surface area (Å²) in [5, 5.41) is 0. The van der Waals surface area contributed by atoms with Gasteiger partial charge in [0, 0.05) is 22.8 Å². The molecule has 0 saturated heterocycles. The zero-order valence-corrected chi connectivity index (χ0v) is 14.2. The minimum Gasteiger partial charge on any atom is -0.326 e. The lowest BCUT2D eigenvalue weighted by molar-refractivity contribution is 0.570. The highest BCUT2D eigenvalue weighted by molar-refractivity contribution is 9.10. The van der Waals surface area contributed by atoms with E-state index < -0.39 is 10.0 Å². The fourth-order valence-electron chi connectivity index (χ4n) is 1.55. The van der Waals surface area contributed by atoms with Crippen LogP contribution >= 0.6 is 27.7 Å². The van der Waals surface area contributed by atoms with Gasteiger partial charge in [-0.25, -0.2) is 13.1 Å². The van der Waals surface area contributed by atoms with E-state index in [0.717, 1.165) is 17.1 Å².